The van der Waals surface area contributed by atoms with Crippen molar-refractivity contribution in [3.05, 3.63) is 23.3 Å². The van der Waals surface area contributed by atoms with E-state index in [1.54, 1.807) is 0 Å². The van der Waals surface area contributed by atoms with Crippen molar-refractivity contribution in [1.29, 1.82) is 0 Å². The van der Waals surface area contributed by atoms with Crippen LogP contribution in [0.4, 0.5) is 11.4 Å². The summed E-state index contributed by atoms with van der Waals surface area (Å²) in [5, 5.41) is 0. The SMILES string of the molecule is CCc1cc(N)c(N)c(CC(C)C)c1. The molecule has 0 spiro atoms. The third-order valence-electron chi connectivity index (χ3n) is 2.39. The summed E-state index contributed by atoms with van der Waals surface area (Å²) in [5.41, 5.74) is 15.7. The third-order valence-corrected chi connectivity index (χ3v) is 2.39. The van der Waals surface area contributed by atoms with E-state index in [9.17, 15) is 0 Å². The lowest BCUT2D eigenvalue weighted by molar-refractivity contribution is 0.648. The Morgan fingerprint density at radius 1 is 1.21 bits per heavy atom. The second-order valence-corrected chi connectivity index (χ2v) is 4.21. The molecule has 0 unspecified atom stereocenters. The first-order chi connectivity index (χ1) is 6.54. The first kappa shape index (κ1) is 10.9. The maximum atomic E-state index is 5.93. The van der Waals surface area contributed by atoms with E-state index in [4.69, 9.17) is 11.5 Å². The highest BCUT2D eigenvalue weighted by atomic mass is 14.7. The van der Waals surface area contributed by atoms with Crippen molar-refractivity contribution in [3.63, 3.8) is 0 Å². The normalized spacial score (nSPS) is 10.9. The molecule has 0 aliphatic carbocycles. The first-order valence-electron chi connectivity index (χ1n) is 5.21. The summed E-state index contributed by atoms with van der Waals surface area (Å²) in [5.74, 6) is 0.615. The van der Waals surface area contributed by atoms with Crippen LogP contribution >= 0.6 is 0 Å². The van der Waals surface area contributed by atoms with Crippen molar-refractivity contribution in [3.8, 4) is 0 Å². The molecule has 0 aliphatic heterocycles. The van der Waals surface area contributed by atoms with Crippen LogP contribution in [0.2, 0.25) is 0 Å². The number of hydrogen-bond acceptors (Lipinski definition) is 2. The van der Waals surface area contributed by atoms with Crippen LogP contribution in [0, 0.1) is 5.92 Å². The number of hydrogen-bond donors (Lipinski definition) is 2. The smallest absolute Gasteiger partial charge is 0.0580 e. The van der Waals surface area contributed by atoms with Crippen LogP contribution in [0.15, 0.2) is 12.1 Å². The number of benzene rings is 1. The van der Waals surface area contributed by atoms with Gasteiger partial charge in [0.15, 0.2) is 0 Å². The molecule has 0 bridgehead atoms. The third kappa shape index (κ3) is 2.41. The Labute approximate surface area is 86.3 Å². The molecule has 0 saturated heterocycles. The molecule has 0 saturated carbocycles. The molecule has 0 fully saturated rings. The second-order valence-electron chi connectivity index (χ2n) is 4.21. The van der Waals surface area contributed by atoms with Gasteiger partial charge in [0.05, 0.1) is 11.4 Å². The summed E-state index contributed by atoms with van der Waals surface area (Å²) in [4.78, 5) is 0. The fourth-order valence-electron chi connectivity index (χ4n) is 1.62. The lowest BCUT2D eigenvalue weighted by Crippen LogP contribution is -2.04. The van der Waals surface area contributed by atoms with Crippen LogP contribution in [0.5, 0.6) is 0 Å². The molecule has 1 aromatic carbocycles. The van der Waals surface area contributed by atoms with Gasteiger partial charge < -0.3 is 11.5 Å². The van der Waals surface area contributed by atoms with E-state index in [1.807, 2.05) is 6.07 Å². The van der Waals surface area contributed by atoms with Gasteiger partial charge in [-0.3, -0.25) is 0 Å². The summed E-state index contributed by atoms with van der Waals surface area (Å²) in [6.45, 7) is 6.51. The van der Waals surface area contributed by atoms with Crippen LogP contribution < -0.4 is 11.5 Å². The molecule has 1 aromatic rings. The van der Waals surface area contributed by atoms with Crippen molar-refractivity contribution in [2.24, 2.45) is 5.92 Å². The van der Waals surface area contributed by atoms with Crippen molar-refractivity contribution in [2.45, 2.75) is 33.6 Å². The Bertz CT molecular complexity index is 316. The van der Waals surface area contributed by atoms with E-state index in [-0.39, 0.29) is 0 Å². The minimum absolute atomic E-state index is 0.615. The molecule has 4 N–H and O–H groups in total. The van der Waals surface area contributed by atoms with Crippen molar-refractivity contribution in [2.75, 3.05) is 11.5 Å². The zero-order valence-electron chi connectivity index (χ0n) is 9.30. The predicted molar refractivity (Wildman–Crippen MR) is 63.2 cm³/mol. The lowest BCUT2D eigenvalue weighted by atomic mass is 9.97. The van der Waals surface area contributed by atoms with Gasteiger partial charge in [-0.05, 0) is 36.0 Å². The first-order valence-corrected chi connectivity index (χ1v) is 5.21. The summed E-state index contributed by atoms with van der Waals surface area (Å²) in [6.07, 6.45) is 2.01. The van der Waals surface area contributed by atoms with E-state index in [0.29, 0.717) is 5.92 Å². The number of nitrogens with two attached hydrogens (primary N) is 2. The highest BCUT2D eigenvalue weighted by Gasteiger charge is 2.06. The molecule has 0 atom stereocenters. The van der Waals surface area contributed by atoms with Gasteiger partial charge in [0.2, 0.25) is 0 Å². The minimum Gasteiger partial charge on any atom is -0.397 e. The fraction of sp³-hybridized carbons (Fsp3) is 0.500. The van der Waals surface area contributed by atoms with Gasteiger partial charge in [-0.1, -0.05) is 26.8 Å². The van der Waals surface area contributed by atoms with Gasteiger partial charge in [0.1, 0.15) is 0 Å². The standard InChI is InChI=1S/C12H20N2/c1-4-9-6-10(5-8(2)3)12(14)11(13)7-9/h6-8H,4-5,13-14H2,1-3H3. The minimum atomic E-state index is 0.615. The highest BCUT2D eigenvalue weighted by molar-refractivity contribution is 5.68. The van der Waals surface area contributed by atoms with Gasteiger partial charge in [0.25, 0.3) is 0 Å². The topological polar surface area (TPSA) is 52.0 Å². The quantitative estimate of drug-likeness (QED) is 0.723. The summed E-state index contributed by atoms with van der Waals surface area (Å²) in [7, 11) is 0. The highest BCUT2D eigenvalue weighted by Crippen LogP contribution is 2.25. The molecule has 1 rings (SSSR count). The average Bonchev–Trinajstić information content (AvgIpc) is 2.11. The maximum absolute atomic E-state index is 5.93. The summed E-state index contributed by atoms with van der Waals surface area (Å²) >= 11 is 0. The maximum Gasteiger partial charge on any atom is 0.0580 e. The van der Waals surface area contributed by atoms with E-state index in [2.05, 4.69) is 26.8 Å². The molecule has 0 aromatic heterocycles. The van der Waals surface area contributed by atoms with E-state index >= 15 is 0 Å². The van der Waals surface area contributed by atoms with Gasteiger partial charge in [0, 0.05) is 0 Å². The van der Waals surface area contributed by atoms with Gasteiger partial charge in [-0.2, -0.15) is 0 Å². The second kappa shape index (κ2) is 4.36. The van der Waals surface area contributed by atoms with Crippen molar-refractivity contribution in [1.82, 2.24) is 0 Å². The Morgan fingerprint density at radius 3 is 2.36 bits per heavy atom. The van der Waals surface area contributed by atoms with Gasteiger partial charge in [-0.15, -0.1) is 0 Å². The summed E-state index contributed by atoms with van der Waals surface area (Å²) in [6, 6.07) is 4.14. The average molecular weight is 192 g/mol. The van der Waals surface area contributed by atoms with E-state index < -0.39 is 0 Å². The molecule has 2 heteroatoms. The zero-order valence-corrected chi connectivity index (χ0v) is 9.30. The monoisotopic (exact) mass is 192 g/mol. The Kier molecular flexibility index (Phi) is 3.39. The fourth-order valence-corrected chi connectivity index (χ4v) is 1.62. The number of aryl methyl sites for hydroxylation is 1. The van der Waals surface area contributed by atoms with Crippen molar-refractivity contribution < 1.29 is 0 Å². The number of nitrogen functional groups attached to an aromatic ring is 2. The molecular formula is C12H20N2. The lowest BCUT2D eigenvalue weighted by Gasteiger charge is -2.12. The van der Waals surface area contributed by atoms with Crippen molar-refractivity contribution >= 4 is 11.4 Å². The molecule has 0 amide bonds. The van der Waals surface area contributed by atoms with Gasteiger partial charge in [-0.25, -0.2) is 0 Å². The molecule has 2 nitrogen and oxygen atoms in total. The van der Waals surface area contributed by atoms with Crippen LogP contribution in [-0.2, 0) is 12.8 Å². The van der Waals surface area contributed by atoms with E-state index in [0.717, 1.165) is 24.2 Å². The number of anilines is 2. The van der Waals surface area contributed by atoms with Crippen LogP contribution in [0.1, 0.15) is 31.9 Å². The van der Waals surface area contributed by atoms with Crippen LogP contribution in [0.3, 0.4) is 0 Å². The van der Waals surface area contributed by atoms with Crippen LogP contribution in [0.25, 0.3) is 0 Å². The molecule has 0 radical (unpaired) electrons. The predicted octanol–water partition coefficient (Wildman–Crippen LogP) is 2.61. The molecule has 0 aliphatic rings. The molecule has 0 heterocycles. The Morgan fingerprint density at radius 2 is 1.86 bits per heavy atom. The van der Waals surface area contributed by atoms with Crippen LogP contribution in [-0.4, -0.2) is 0 Å². The van der Waals surface area contributed by atoms with E-state index in [1.165, 1.54) is 11.1 Å². The molecule has 14 heavy (non-hydrogen) atoms. The Hall–Kier alpha value is -1.18. The van der Waals surface area contributed by atoms with Gasteiger partial charge >= 0.3 is 0 Å². The zero-order chi connectivity index (χ0) is 10.7. The molecule has 78 valence electrons. The Balaban J connectivity index is 3.07. The summed E-state index contributed by atoms with van der Waals surface area (Å²) < 4.78 is 0. The molecular weight excluding hydrogens is 172 g/mol. The number of rotatable bonds is 3. The largest absolute Gasteiger partial charge is 0.397 e.